The maximum absolute atomic E-state index is 13.7. The number of hydrogen-bond acceptors (Lipinski definition) is 2. The largest absolute Gasteiger partial charge is 0.292 e. The Bertz CT molecular complexity index is 632. The number of carbonyl (C=O) groups is 1. The second-order valence-electron chi connectivity index (χ2n) is 4.68. The van der Waals surface area contributed by atoms with Gasteiger partial charge in [-0.15, -0.1) is 0 Å². The molecule has 0 bridgehead atoms. The summed E-state index contributed by atoms with van der Waals surface area (Å²) in [5, 5.41) is 4.55. The Kier molecular flexibility index (Phi) is 4.45. The highest BCUT2D eigenvalue weighted by molar-refractivity contribution is 6.34. The van der Waals surface area contributed by atoms with Gasteiger partial charge in [0.1, 0.15) is 11.5 Å². The summed E-state index contributed by atoms with van der Waals surface area (Å²) in [7, 11) is 0. The summed E-state index contributed by atoms with van der Waals surface area (Å²) < 4.78 is 15.2. The average Bonchev–Trinajstić information content (AvgIpc) is 2.76. The molecule has 1 aromatic carbocycles. The zero-order chi connectivity index (χ0) is 14.9. The lowest BCUT2D eigenvalue weighted by molar-refractivity contribution is 0.0980. The van der Waals surface area contributed by atoms with E-state index in [0.29, 0.717) is 0 Å². The Labute approximate surface area is 126 Å². The summed E-state index contributed by atoms with van der Waals surface area (Å²) in [6, 6.07) is 4.30. The van der Waals surface area contributed by atoms with Crippen LogP contribution in [-0.2, 0) is 6.42 Å². The Morgan fingerprint density at radius 1 is 1.35 bits per heavy atom. The number of nitrogens with zero attached hydrogens (tertiary/aromatic N) is 2. The van der Waals surface area contributed by atoms with E-state index in [0.717, 1.165) is 0 Å². The number of rotatable bonds is 4. The van der Waals surface area contributed by atoms with Gasteiger partial charge in [0, 0.05) is 23.0 Å². The van der Waals surface area contributed by atoms with E-state index >= 15 is 0 Å². The van der Waals surface area contributed by atoms with Gasteiger partial charge in [-0.05, 0) is 26.0 Å². The molecule has 0 N–H and O–H groups in total. The second kappa shape index (κ2) is 5.94. The molecule has 0 aliphatic rings. The van der Waals surface area contributed by atoms with Gasteiger partial charge in [-0.25, -0.2) is 4.39 Å². The molecule has 6 heteroatoms. The first-order chi connectivity index (χ1) is 9.41. The van der Waals surface area contributed by atoms with Gasteiger partial charge in [-0.1, -0.05) is 29.3 Å². The van der Waals surface area contributed by atoms with Gasteiger partial charge in [-0.3, -0.25) is 9.48 Å². The summed E-state index contributed by atoms with van der Waals surface area (Å²) in [6.07, 6.45) is 1.27. The Morgan fingerprint density at radius 2 is 2.05 bits per heavy atom. The van der Waals surface area contributed by atoms with Crippen molar-refractivity contribution in [2.75, 3.05) is 0 Å². The number of hydrogen-bond donors (Lipinski definition) is 0. The molecule has 0 amide bonds. The monoisotopic (exact) mass is 314 g/mol. The lowest BCUT2D eigenvalue weighted by Crippen LogP contribution is -2.15. The van der Waals surface area contributed by atoms with Gasteiger partial charge in [0.2, 0.25) is 0 Å². The Morgan fingerprint density at radius 3 is 2.65 bits per heavy atom. The lowest BCUT2D eigenvalue weighted by Gasteiger charge is -2.11. The summed E-state index contributed by atoms with van der Waals surface area (Å²) in [6.45, 7) is 3.77. The fourth-order valence-electron chi connectivity index (χ4n) is 1.94. The zero-order valence-corrected chi connectivity index (χ0v) is 12.5. The molecule has 0 saturated carbocycles. The zero-order valence-electron chi connectivity index (χ0n) is 11.0. The Balaban J connectivity index is 2.36. The van der Waals surface area contributed by atoms with Crippen molar-refractivity contribution >= 4 is 29.0 Å². The standard InChI is InChI=1S/C14H13Cl2FN2O/c1-8(2)19-14(11(16)7-18-19)13(20)6-9-10(15)4-3-5-12(9)17/h3-5,7-8H,6H2,1-2H3. The molecule has 0 saturated heterocycles. The molecule has 0 aliphatic carbocycles. The molecule has 0 aliphatic heterocycles. The second-order valence-corrected chi connectivity index (χ2v) is 5.49. The van der Waals surface area contributed by atoms with E-state index in [1.165, 1.54) is 23.0 Å². The van der Waals surface area contributed by atoms with Crippen molar-refractivity contribution < 1.29 is 9.18 Å². The van der Waals surface area contributed by atoms with Gasteiger partial charge >= 0.3 is 0 Å². The van der Waals surface area contributed by atoms with Gasteiger partial charge in [0.05, 0.1) is 11.2 Å². The van der Waals surface area contributed by atoms with Gasteiger partial charge in [0.25, 0.3) is 0 Å². The number of benzene rings is 1. The van der Waals surface area contributed by atoms with Crippen molar-refractivity contribution in [1.29, 1.82) is 0 Å². The lowest BCUT2D eigenvalue weighted by atomic mass is 10.1. The van der Waals surface area contributed by atoms with E-state index in [9.17, 15) is 9.18 Å². The summed E-state index contributed by atoms with van der Waals surface area (Å²) in [5.41, 5.74) is 0.452. The number of carbonyl (C=O) groups excluding carboxylic acids is 1. The molecule has 0 spiro atoms. The number of ketones is 1. The smallest absolute Gasteiger partial charge is 0.186 e. The van der Waals surface area contributed by atoms with Crippen molar-refractivity contribution in [2.24, 2.45) is 0 Å². The highest BCUT2D eigenvalue weighted by atomic mass is 35.5. The van der Waals surface area contributed by atoms with Gasteiger partial charge in [-0.2, -0.15) is 5.10 Å². The SMILES string of the molecule is CC(C)n1ncc(Cl)c1C(=O)Cc1c(F)cccc1Cl. The molecule has 1 aromatic heterocycles. The predicted octanol–water partition coefficient (Wildman–Crippen LogP) is 4.34. The fraction of sp³-hybridized carbons (Fsp3) is 0.286. The quantitative estimate of drug-likeness (QED) is 0.787. The van der Waals surface area contributed by atoms with Gasteiger partial charge in [0.15, 0.2) is 5.78 Å². The van der Waals surface area contributed by atoms with Crippen LogP contribution in [0.2, 0.25) is 10.0 Å². The molecule has 1 heterocycles. The Hall–Kier alpha value is -1.39. The van der Waals surface area contributed by atoms with Crippen LogP contribution in [-0.4, -0.2) is 15.6 Å². The van der Waals surface area contributed by atoms with E-state index in [-0.39, 0.29) is 39.5 Å². The number of Topliss-reactive ketones (excluding diaryl/α,β-unsaturated/α-hetero) is 1. The van der Waals surface area contributed by atoms with Gasteiger partial charge < -0.3 is 0 Å². The molecule has 2 rings (SSSR count). The summed E-state index contributed by atoms with van der Waals surface area (Å²) in [4.78, 5) is 12.4. The van der Waals surface area contributed by atoms with Crippen LogP contribution in [0.3, 0.4) is 0 Å². The number of aromatic nitrogens is 2. The first-order valence-electron chi connectivity index (χ1n) is 6.11. The fourth-order valence-corrected chi connectivity index (χ4v) is 2.40. The molecule has 0 unspecified atom stereocenters. The van der Waals surface area contributed by atoms with Crippen molar-refractivity contribution in [3.8, 4) is 0 Å². The van der Waals surface area contributed by atoms with E-state index in [1.54, 1.807) is 6.07 Å². The van der Waals surface area contributed by atoms with Crippen LogP contribution in [0.4, 0.5) is 4.39 Å². The van der Waals surface area contributed by atoms with Crippen molar-refractivity contribution in [1.82, 2.24) is 9.78 Å². The van der Waals surface area contributed by atoms with Crippen LogP contribution in [0.1, 0.15) is 35.9 Å². The molecular formula is C14H13Cl2FN2O. The highest BCUT2D eigenvalue weighted by Gasteiger charge is 2.21. The molecule has 0 atom stereocenters. The predicted molar refractivity (Wildman–Crippen MR) is 77.1 cm³/mol. The van der Waals surface area contributed by atoms with Crippen LogP contribution >= 0.6 is 23.2 Å². The minimum atomic E-state index is -0.502. The maximum Gasteiger partial charge on any atom is 0.186 e. The van der Waals surface area contributed by atoms with Crippen LogP contribution < -0.4 is 0 Å². The first-order valence-corrected chi connectivity index (χ1v) is 6.86. The molecule has 2 aromatic rings. The molecular weight excluding hydrogens is 302 g/mol. The van der Waals surface area contributed by atoms with Crippen molar-refractivity contribution in [3.63, 3.8) is 0 Å². The summed E-state index contributed by atoms with van der Waals surface area (Å²) in [5.74, 6) is -0.814. The molecule has 3 nitrogen and oxygen atoms in total. The summed E-state index contributed by atoms with van der Waals surface area (Å²) >= 11 is 11.9. The molecule has 0 fully saturated rings. The average molecular weight is 315 g/mol. The third-order valence-corrected chi connectivity index (χ3v) is 3.53. The van der Waals surface area contributed by atoms with E-state index in [1.807, 2.05) is 13.8 Å². The van der Waals surface area contributed by atoms with E-state index < -0.39 is 5.82 Å². The minimum absolute atomic E-state index is 0.0162. The van der Waals surface area contributed by atoms with E-state index in [4.69, 9.17) is 23.2 Å². The van der Waals surface area contributed by atoms with Crippen LogP contribution in [0.25, 0.3) is 0 Å². The van der Waals surface area contributed by atoms with Crippen LogP contribution in [0, 0.1) is 5.82 Å². The van der Waals surface area contributed by atoms with Crippen molar-refractivity contribution in [2.45, 2.75) is 26.3 Å². The first kappa shape index (κ1) is 15.0. The van der Waals surface area contributed by atoms with Crippen molar-refractivity contribution in [3.05, 3.63) is 51.5 Å². The molecule has 0 radical (unpaired) electrons. The third kappa shape index (κ3) is 2.86. The number of halogens is 3. The molecule has 20 heavy (non-hydrogen) atoms. The maximum atomic E-state index is 13.7. The minimum Gasteiger partial charge on any atom is -0.292 e. The van der Waals surface area contributed by atoms with Crippen LogP contribution in [0.5, 0.6) is 0 Å². The topological polar surface area (TPSA) is 34.9 Å². The highest BCUT2D eigenvalue weighted by Crippen LogP contribution is 2.24. The van der Waals surface area contributed by atoms with E-state index in [2.05, 4.69) is 5.10 Å². The third-order valence-electron chi connectivity index (χ3n) is 2.90. The normalized spacial score (nSPS) is 11.1. The van der Waals surface area contributed by atoms with Crippen LogP contribution in [0.15, 0.2) is 24.4 Å². The molecule has 106 valence electrons.